The van der Waals surface area contributed by atoms with E-state index in [1.807, 2.05) is 6.92 Å². The molecular formula is C16H21NO3. The third-order valence-electron chi connectivity index (χ3n) is 5.58. The van der Waals surface area contributed by atoms with Crippen molar-refractivity contribution in [3.05, 3.63) is 20.4 Å². The lowest BCUT2D eigenvalue weighted by atomic mass is 9.53. The Morgan fingerprint density at radius 1 is 1.05 bits per heavy atom. The summed E-state index contributed by atoms with van der Waals surface area (Å²) in [6, 6.07) is 0. The van der Waals surface area contributed by atoms with E-state index in [4.69, 9.17) is 4.74 Å². The molecular weight excluding hydrogens is 254 g/mol. The van der Waals surface area contributed by atoms with Gasteiger partial charge in [-0.25, -0.2) is 0 Å². The van der Waals surface area contributed by atoms with E-state index in [0.717, 1.165) is 37.0 Å². The second-order valence-electron chi connectivity index (χ2n) is 7.12. The molecule has 0 amide bonds. The van der Waals surface area contributed by atoms with E-state index in [9.17, 15) is 9.59 Å². The molecule has 0 saturated heterocycles. The zero-order chi connectivity index (χ0) is 13.9. The van der Waals surface area contributed by atoms with Crippen LogP contribution in [0.5, 0.6) is 5.75 Å². The molecule has 4 bridgehead atoms. The van der Waals surface area contributed by atoms with Crippen molar-refractivity contribution in [1.29, 1.82) is 0 Å². The van der Waals surface area contributed by atoms with E-state index < -0.39 is 5.43 Å². The Balaban J connectivity index is 1.62. The lowest BCUT2D eigenvalue weighted by molar-refractivity contribution is 0.0105. The first kappa shape index (κ1) is 12.4. The van der Waals surface area contributed by atoms with Crippen LogP contribution in [0.3, 0.4) is 0 Å². The van der Waals surface area contributed by atoms with Gasteiger partial charge in [-0.3, -0.25) is 9.59 Å². The van der Waals surface area contributed by atoms with Gasteiger partial charge < -0.3 is 10.1 Å². The van der Waals surface area contributed by atoms with Gasteiger partial charge in [0.1, 0.15) is 5.69 Å². The van der Waals surface area contributed by atoms with Crippen LogP contribution in [-0.4, -0.2) is 12.1 Å². The predicted octanol–water partition coefficient (Wildman–Crippen LogP) is 2.06. The zero-order valence-electron chi connectivity index (χ0n) is 11.9. The van der Waals surface area contributed by atoms with Gasteiger partial charge in [0.05, 0.1) is 6.61 Å². The Morgan fingerprint density at radius 3 is 2.10 bits per heavy atom. The molecule has 1 aromatic carbocycles. The van der Waals surface area contributed by atoms with E-state index in [2.05, 4.69) is 5.32 Å². The van der Waals surface area contributed by atoms with Gasteiger partial charge in [0.25, 0.3) is 10.9 Å². The average Bonchev–Trinajstić information content (AvgIpc) is 2.41. The molecule has 5 rings (SSSR count). The van der Waals surface area contributed by atoms with E-state index in [-0.39, 0.29) is 16.7 Å². The summed E-state index contributed by atoms with van der Waals surface area (Å²) in [4.78, 5) is 23.4. The number of hydrogen-bond donors (Lipinski definition) is 1. The minimum atomic E-state index is -0.459. The van der Waals surface area contributed by atoms with Crippen molar-refractivity contribution in [2.45, 2.75) is 51.0 Å². The molecule has 1 aromatic rings. The molecule has 0 unspecified atom stereocenters. The molecule has 0 spiro atoms. The Morgan fingerprint density at radius 2 is 1.60 bits per heavy atom. The van der Waals surface area contributed by atoms with Gasteiger partial charge >= 0.3 is 0 Å². The molecule has 4 heteroatoms. The number of nitrogens with one attached hydrogen (secondary N) is 1. The van der Waals surface area contributed by atoms with Crippen LogP contribution in [0.4, 0.5) is 5.69 Å². The van der Waals surface area contributed by atoms with Gasteiger partial charge in [0, 0.05) is 5.54 Å². The Hall–Kier alpha value is -1.32. The second kappa shape index (κ2) is 4.09. The fourth-order valence-corrected chi connectivity index (χ4v) is 5.30. The quantitative estimate of drug-likeness (QED) is 0.855. The molecule has 0 radical (unpaired) electrons. The van der Waals surface area contributed by atoms with Crippen LogP contribution >= 0.6 is 0 Å². The van der Waals surface area contributed by atoms with Crippen molar-refractivity contribution < 1.29 is 4.74 Å². The highest BCUT2D eigenvalue weighted by Gasteiger charge is 2.51. The maximum atomic E-state index is 11.8. The van der Waals surface area contributed by atoms with Crippen LogP contribution in [0.15, 0.2) is 9.59 Å². The number of rotatable bonds is 4. The van der Waals surface area contributed by atoms with Crippen LogP contribution in [0, 0.1) is 17.8 Å². The summed E-state index contributed by atoms with van der Waals surface area (Å²) < 4.78 is 5.33. The first-order chi connectivity index (χ1) is 9.60. The van der Waals surface area contributed by atoms with Crippen LogP contribution in [0.2, 0.25) is 0 Å². The topological polar surface area (TPSA) is 55.4 Å². The Kier molecular flexibility index (Phi) is 2.54. The minimum Gasteiger partial charge on any atom is -0.488 e. The summed E-state index contributed by atoms with van der Waals surface area (Å²) >= 11 is 0. The highest BCUT2D eigenvalue weighted by Crippen LogP contribution is 2.56. The largest absolute Gasteiger partial charge is 0.488 e. The maximum Gasteiger partial charge on any atom is 0.272 e. The fourth-order valence-electron chi connectivity index (χ4n) is 5.30. The molecule has 0 atom stereocenters. The number of ether oxygens (including phenoxy) is 1. The van der Waals surface area contributed by atoms with Crippen LogP contribution in [-0.2, 0) is 0 Å². The fraction of sp³-hybridized carbons (Fsp3) is 0.750. The van der Waals surface area contributed by atoms with Crippen molar-refractivity contribution in [2.75, 3.05) is 11.9 Å². The first-order valence-electron chi connectivity index (χ1n) is 7.84. The highest BCUT2D eigenvalue weighted by molar-refractivity contribution is 5.63. The van der Waals surface area contributed by atoms with E-state index in [1.54, 1.807) is 0 Å². The number of hydrogen-bond acceptors (Lipinski definition) is 4. The summed E-state index contributed by atoms with van der Waals surface area (Å²) in [5, 5.41) is 3.46. The molecule has 4 saturated carbocycles. The molecule has 20 heavy (non-hydrogen) atoms. The third-order valence-corrected chi connectivity index (χ3v) is 5.58. The van der Waals surface area contributed by atoms with Crippen LogP contribution in [0.25, 0.3) is 0 Å². The number of anilines is 1. The van der Waals surface area contributed by atoms with E-state index in [0.29, 0.717) is 12.3 Å². The molecule has 4 nitrogen and oxygen atoms in total. The SMILES string of the molecule is CCOc1c(NC23CC4CC(CC(C4)C2)C3)c(=O)c1=O. The van der Waals surface area contributed by atoms with E-state index in [1.165, 1.54) is 19.3 Å². The van der Waals surface area contributed by atoms with Gasteiger partial charge in [-0.15, -0.1) is 0 Å². The van der Waals surface area contributed by atoms with Crippen molar-refractivity contribution in [2.24, 2.45) is 17.8 Å². The van der Waals surface area contributed by atoms with Crippen LogP contribution in [0.1, 0.15) is 45.4 Å². The summed E-state index contributed by atoms with van der Waals surface area (Å²) in [5.74, 6) is 2.72. The second-order valence-corrected chi connectivity index (χ2v) is 7.12. The molecule has 0 aromatic heterocycles. The average molecular weight is 275 g/mol. The van der Waals surface area contributed by atoms with Gasteiger partial charge in [-0.2, -0.15) is 0 Å². The molecule has 4 fully saturated rings. The lowest BCUT2D eigenvalue weighted by Gasteiger charge is -2.57. The Labute approximate surface area is 118 Å². The molecule has 108 valence electrons. The zero-order valence-corrected chi connectivity index (χ0v) is 11.9. The molecule has 4 aliphatic carbocycles. The summed E-state index contributed by atoms with van der Waals surface area (Å²) in [7, 11) is 0. The summed E-state index contributed by atoms with van der Waals surface area (Å²) in [5.41, 5.74) is -0.329. The first-order valence-corrected chi connectivity index (χ1v) is 7.84. The lowest BCUT2D eigenvalue weighted by Crippen LogP contribution is -2.56. The minimum absolute atomic E-state index is 0.0583. The standard InChI is InChI=1S/C16H21NO3/c1-2-20-15-12(13(18)14(15)19)17-16-6-9-3-10(7-16)5-11(4-9)8-16/h9-11,17H,2-8H2,1H3. The smallest absolute Gasteiger partial charge is 0.272 e. The Bertz CT molecular complexity index is 576. The normalized spacial score (nSPS) is 38.4. The van der Waals surface area contributed by atoms with Crippen molar-refractivity contribution in [1.82, 2.24) is 0 Å². The van der Waals surface area contributed by atoms with Crippen LogP contribution < -0.4 is 20.9 Å². The van der Waals surface area contributed by atoms with E-state index >= 15 is 0 Å². The van der Waals surface area contributed by atoms with Gasteiger partial charge in [0.2, 0.25) is 0 Å². The molecule has 0 aliphatic heterocycles. The molecule has 1 N–H and O–H groups in total. The van der Waals surface area contributed by atoms with Crippen molar-refractivity contribution in [3.63, 3.8) is 0 Å². The van der Waals surface area contributed by atoms with Crippen molar-refractivity contribution >= 4 is 5.69 Å². The van der Waals surface area contributed by atoms with Gasteiger partial charge in [-0.05, 0) is 63.2 Å². The highest BCUT2D eigenvalue weighted by atomic mass is 16.5. The monoisotopic (exact) mass is 275 g/mol. The van der Waals surface area contributed by atoms with Gasteiger partial charge in [0.15, 0.2) is 5.75 Å². The molecule has 0 heterocycles. The van der Waals surface area contributed by atoms with Gasteiger partial charge in [-0.1, -0.05) is 0 Å². The summed E-state index contributed by atoms with van der Waals surface area (Å²) in [6.45, 7) is 2.27. The summed E-state index contributed by atoms with van der Waals surface area (Å²) in [6.07, 6.45) is 7.57. The maximum absolute atomic E-state index is 11.8. The van der Waals surface area contributed by atoms with Crippen molar-refractivity contribution in [3.8, 4) is 5.75 Å². The predicted molar refractivity (Wildman–Crippen MR) is 77.0 cm³/mol. The molecule has 4 aliphatic rings. The third kappa shape index (κ3) is 1.66.